The molecule has 7 nitrogen and oxygen atoms in total. The third-order valence-corrected chi connectivity index (χ3v) is 4.99. The van der Waals surface area contributed by atoms with Crippen LogP contribution in [0.4, 0.5) is 52.7 Å². The molecule has 0 saturated carbocycles. The first kappa shape index (κ1) is 25.9. The van der Waals surface area contributed by atoms with Crippen LogP contribution in [-0.4, -0.2) is 52.8 Å². The Kier molecular flexibility index (Phi) is 7.11. The van der Waals surface area contributed by atoms with E-state index in [4.69, 9.17) is 0 Å². The van der Waals surface area contributed by atoms with Gasteiger partial charge in [-0.3, -0.25) is 0 Å². The van der Waals surface area contributed by atoms with Crippen molar-refractivity contribution in [3.8, 4) is 0 Å². The van der Waals surface area contributed by atoms with Gasteiger partial charge in [-0.2, -0.15) is 34.4 Å². The summed E-state index contributed by atoms with van der Waals surface area (Å²) >= 11 is 0. The SMILES string of the molecule is O=S(=O)(OS(=O)(=O)C(F)(F)C(F)OC(F)(F)F)C(F)(F)C(F)OC(F)(F)F. The minimum Gasteiger partial charge on any atom is -0.249 e. The van der Waals surface area contributed by atoms with Crippen LogP contribution in [0.2, 0.25) is 0 Å². The topological polar surface area (TPSA) is 96.0 Å². The van der Waals surface area contributed by atoms with Gasteiger partial charge in [0, 0.05) is 0 Å². The Morgan fingerprint density at radius 2 is 0.778 bits per heavy atom. The van der Waals surface area contributed by atoms with Crippen molar-refractivity contribution in [2.75, 3.05) is 0 Å². The van der Waals surface area contributed by atoms with E-state index in [2.05, 4.69) is 3.63 Å². The number of ether oxygens (including phenoxy) is 2. The second-order valence-corrected chi connectivity index (χ2v) is 7.31. The van der Waals surface area contributed by atoms with E-state index in [0.717, 1.165) is 0 Å². The summed E-state index contributed by atoms with van der Waals surface area (Å²) in [4.78, 5) is 0. The van der Waals surface area contributed by atoms with Gasteiger partial charge in [-0.1, -0.05) is 0 Å². The molecule has 0 aromatic heterocycles. The van der Waals surface area contributed by atoms with Gasteiger partial charge in [0.05, 0.1) is 0 Å². The van der Waals surface area contributed by atoms with E-state index in [9.17, 15) is 69.5 Å². The quantitative estimate of drug-likeness (QED) is 0.495. The van der Waals surface area contributed by atoms with Crippen LogP contribution in [0.3, 0.4) is 0 Å². The number of hydrogen-bond donors (Lipinski definition) is 0. The molecule has 0 spiro atoms. The first-order valence-corrected chi connectivity index (χ1v) is 8.01. The molecule has 0 aliphatic carbocycles. The maximum absolute atomic E-state index is 13.0. The van der Waals surface area contributed by atoms with E-state index in [0.29, 0.717) is 0 Å². The van der Waals surface area contributed by atoms with Gasteiger partial charge < -0.3 is 0 Å². The van der Waals surface area contributed by atoms with Crippen LogP contribution >= 0.6 is 0 Å². The van der Waals surface area contributed by atoms with Crippen LogP contribution in [0.5, 0.6) is 0 Å². The third-order valence-electron chi connectivity index (χ3n) is 1.85. The molecule has 0 bridgehead atoms. The Balaban J connectivity index is 5.76. The summed E-state index contributed by atoms with van der Waals surface area (Å²) in [5, 5.41) is -13.3. The fraction of sp³-hybridized carbons (Fsp3) is 1.00. The zero-order chi connectivity index (χ0) is 22.3. The van der Waals surface area contributed by atoms with Crippen molar-refractivity contribution < 1.29 is 82.6 Å². The summed E-state index contributed by atoms with van der Waals surface area (Å²) in [5.41, 5.74) is 0. The maximum atomic E-state index is 13.0. The average molecular weight is 478 g/mol. The van der Waals surface area contributed by atoms with Crippen molar-refractivity contribution >= 4 is 20.2 Å². The minimum atomic E-state index is -7.65. The van der Waals surface area contributed by atoms with Crippen LogP contribution in [0.15, 0.2) is 0 Å². The van der Waals surface area contributed by atoms with Gasteiger partial charge in [0.1, 0.15) is 0 Å². The zero-order valence-corrected chi connectivity index (χ0v) is 13.0. The molecule has 0 aromatic carbocycles. The summed E-state index contributed by atoms with van der Waals surface area (Å²) in [6.07, 6.45) is -23.1. The first-order valence-electron chi connectivity index (χ1n) is 5.19. The van der Waals surface area contributed by atoms with Gasteiger partial charge in [0.2, 0.25) is 0 Å². The third kappa shape index (κ3) is 6.50. The molecule has 0 aromatic rings. The fourth-order valence-electron chi connectivity index (χ4n) is 0.807. The second-order valence-electron chi connectivity index (χ2n) is 3.86. The molecule has 0 heterocycles. The smallest absolute Gasteiger partial charge is 0.249 e. The van der Waals surface area contributed by atoms with E-state index >= 15 is 0 Å². The number of halogens is 12. The lowest BCUT2D eigenvalue weighted by Gasteiger charge is -2.23. The van der Waals surface area contributed by atoms with Crippen molar-refractivity contribution in [3.63, 3.8) is 0 Å². The molecule has 27 heavy (non-hydrogen) atoms. The van der Waals surface area contributed by atoms with Crippen molar-refractivity contribution in [1.29, 1.82) is 0 Å². The molecule has 2 unspecified atom stereocenters. The van der Waals surface area contributed by atoms with Gasteiger partial charge in [-0.25, -0.2) is 18.3 Å². The van der Waals surface area contributed by atoms with Gasteiger partial charge in [-0.15, -0.1) is 30.0 Å². The molecular formula is C6H2F12O7S2. The minimum absolute atomic E-state index is 1.90. The molecule has 0 N–H and O–H groups in total. The Hall–Kier alpha value is -1.06. The predicted molar refractivity (Wildman–Crippen MR) is 52.9 cm³/mol. The molecular weight excluding hydrogens is 476 g/mol. The fourth-order valence-corrected chi connectivity index (χ4v) is 3.03. The molecule has 0 radical (unpaired) electrons. The van der Waals surface area contributed by atoms with Crippen LogP contribution < -0.4 is 0 Å². The van der Waals surface area contributed by atoms with Crippen LogP contribution in [0.25, 0.3) is 0 Å². The average Bonchev–Trinajstić information content (AvgIpc) is 2.32. The molecule has 0 aliphatic rings. The normalized spacial score (nSPS) is 17.6. The second kappa shape index (κ2) is 7.40. The highest BCUT2D eigenvalue weighted by Crippen LogP contribution is 2.39. The number of alkyl halides is 12. The molecule has 0 amide bonds. The van der Waals surface area contributed by atoms with E-state index in [1.807, 2.05) is 9.47 Å². The summed E-state index contributed by atoms with van der Waals surface area (Å²) in [7, 11) is -15.3. The lowest BCUT2D eigenvalue weighted by Crippen LogP contribution is -2.49. The van der Waals surface area contributed by atoms with E-state index in [-0.39, 0.29) is 0 Å². The molecule has 0 fully saturated rings. The number of rotatable bonds is 8. The zero-order valence-electron chi connectivity index (χ0n) is 11.4. The highest BCUT2D eigenvalue weighted by molar-refractivity contribution is 8.00. The maximum Gasteiger partial charge on any atom is 0.525 e. The lowest BCUT2D eigenvalue weighted by atomic mass is 10.7. The monoisotopic (exact) mass is 478 g/mol. The van der Waals surface area contributed by atoms with Crippen molar-refractivity contribution in [2.45, 2.75) is 35.9 Å². The largest absolute Gasteiger partial charge is 0.525 e. The standard InChI is InChI=1S/C6H2F12O7S2/c7-1(23-5(13,14)15)3(9,10)26(19,20)25-27(21,22)4(11,12)2(8)24-6(16,17)18/h1-2H. The highest BCUT2D eigenvalue weighted by atomic mass is 32.3. The lowest BCUT2D eigenvalue weighted by molar-refractivity contribution is -0.378. The molecule has 0 saturated heterocycles. The van der Waals surface area contributed by atoms with Gasteiger partial charge in [-0.05, 0) is 0 Å². The summed E-state index contributed by atoms with van der Waals surface area (Å²) in [6.45, 7) is 0. The molecule has 0 rings (SSSR count). The molecule has 2 atom stereocenters. The molecule has 164 valence electrons. The summed E-state index contributed by atoms with van der Waals surface area (Å²) in [6, 6.07) is 0. The predicted octanol–water partition coefficient (Wildman–Crippen LogP) is 2.51. The molecule has 21 heteroatoms. The highest BCUT2D eigenvalue weighted by Gasteiger charge is 2.65. The van der Waals surface area contributed by atoms with Gasteiger partial charge in [0.25, 0.3) is 12.7 Å². The summed E-state index contributed by atoms with van der Waals surface area (Å²) < 4.78 is 196. The number of hydrogen-bond acceptors (Lipinski definition) is 7. The van der Waals surface area contributed by atoms with Crippen LogP contribution in [0, 0.1) is 0 Å². The van der Waals surface area contributed by atoms with E-state index in [1.165, 1.54) is 0 Å². The Morgan fingerprint density at radius 3 is 0.963 bits per heavy atom. The Morgan fingerprint density at radius 1 is 0.556 bits per heavy atom. The van der Waals surface area contributed by atoms with Crippen LogP contribution in [0.1, 0.15) is 0 Å². The van der Waals surface area contributed by atoms with Gasteiger partial charge >= 0.3 is 43.5 Å². The van der Waals surface area contributed by atoms with E-state index in [1.54, 1.807) is 0 Å². The Labute approximate surface area is 140 Å². The van der Waals surface area contributed by atoms with Crippen molar-refractivity contribution in [2.24, 2.45) is 0 Å². The van der Waals surface area contributed by atoms with E-state index < -0.39 is 56.2 Å². The molecule has 0 aliphatic heterocycles. The Bertz CT molecular complexity index is 660. The summed E-state index contributed by atoms with van der Waals surface area (Å²) in [5.74, 6) is 0. The first-order chi connectivity index (χ1) is 11.5. The van der Waals surface area contributed by atoms with Crippen molar-refractivity contribution in [3.05, 3.63) is 0 Å². The van der Waals surface area contributed by atoms with Crippen LogP contribution in [-0.2, 0) is 33.3 Å². The van der Waals surface area contributed by atoms with Gasteiger partial charge in [0.15, 0.2) is 0 Å². The van der Waals surface area contributed by atoms with Crippen molar-refractivity contribution in [1.82, 2.24) is 0 Å².